The molecule has 0 radical (unpaired) electrons. The molecular weight excluding hydrogens is 386 g/mol. The average molecular weight is 408 g/mol. The van der Waals surface area contributed by atoms with Crippen LogP contribution < -0.4 is 11.1 Å². The van der Waals surface area contributed by atoms with Crippen LogP contribution in [0.1, 0.15) is 22.6 Å². The lowest BCUT2D eigenvalue weighted by atomic mass is 9.90. The number of rotatable bonds is 8. The lowest BCUT2D eigenvalue weighted by molar-refractivity contribution is -0.125. The highest BCUT2D eigenvalue weighted by Gasteiger charge is 2.19. The van der Waals surface area contributed by atoms with Crippen molar-refractivity contribution in [2.75, 3.05) is 6.61 Å². The van der Waals surface area contributed by atoms with Crippen LogP contribution in [0.5, 0.6) is 0 Å². The summed E-state index contributed by atoms with van der Waals surface area (Å²) in [6.45, 7) is 0.166. The minimum absolute atomic E-state index is 0.218. The number of carbonyl (C=O) groups is 1. The lowest BCUT2D eigenvalue weighted by Gasteiger charge is -2.17. The average Bonchev–Trinajstić information content (AvgIpc) is 2.75. The summed E-state index contributed by atoms with van der Waals surface area (Å²) in [7, 11) is 0. The molecule has 0 unspecified atom stereocenters. The molecule has 0 atom stereocenters. The molecule has 0 fully saturated rings. The van der Waals surface area contributed by atoms with Gasteiger partial charge in [-0.25, -0.2) is 0 Å². The molecule has 3 N–H and O–H groups in total. The third kappa shape index (κ3) is 6.09. The van der Waals surface area contributed by atoms with Crippen LogP contribution in [0.15, 0.2) is 90.1 Å². The molecule has 1 amide bonds. The molecule has 3 aromatic carbocycles. The molecule has 0 spiro atoms. The highest BCUT2D eigenvalue weighted by molar-refractivity contribution is 6.30. The van der Waals surface area contributed by atoms with Crippen LogP contribution in [0.3, 0.4) is 0 Å². The Morgan fingerprint density at radius 3 is 2.03 bits per heavy atom. The first-order valence-electron chi connectivity index (χ1n) is 9.20. The highest BCUT2D eigenvalue weighted by Crippen LogP contribution is 2.24. The van der Waals surface area contributed by atoms with E-state index in [1.807, 2.05) is 72.8 Å². The molecule has 0 aliphatic rings. The van der Waals surface area contributed by atoms with Crippen molar-refractivity contribution < 1.29 is 9.63 Å². The molecule has 0 saturated heterocycles. The van der Waals surface area contributed by atoms with Gasteiger partial charge in [0.25, 0.3) is 5.91 Å². The van der Waals surface area contributed by atoms with E-state index in [0.29, 0.717) is 11.6 Å². The lowest BCUT2D eigenvalue weighted by Crippen LogP contribution is -2.28. The Hall–Kier alpha value is -3.31. The minimum Gasteiger partial charge on any atom is -0.384 e. The van der Waals surface area contributed by atoms with Crippen LogP contribution in [0.4, 0.5) is 0 Å². The van der Waals surface area contributed by atoms with Crippen LogP contribution >= 0.6 is 11.6 Å². The second-order valence-corrected chi connectivity index (χ2v) is 6.88. The fourth-order valence-electron chi connectivity index (χ4n) is 2.90. The Bertz CT molecular complexity index is 905. The predicted octanol–water partition coefficient (Wildman–Crippen LogP) is 4.08. The summed E-state index contributed by atoms with van der Waals surface area (Å²) in [5, 5.41) is 7.42. The van der Waals surface area contributed by atoms with Gasteiger partial charge in [-0.15, -0.1) is 0 Å². The number of nitrogens with zero attached hydrogens (tertiary/aromatic N) is 1. The van der Waals surface area contributed by atoms with Crippen molar-refractivity contribution in [3.05, 3.63) is 107 Å². The number of benzene rings is 3. The first-order valence-corrected chi connectivity index (χ1v) is 9.57. The summed E-state index contributed by atoms with van der Waals surface area (Å²) in [4.78, 5) is 17.2. The van der Waals surface area contributed by atoms with Crippen molar-refractivity contribution in [3.63, 3.8) is 0 Å². The smallest absolute Gasteiger partial charge is 0.261 e. The van der Waals surface area contributed by atoms with E-state index in [1.165, 1.54) is 0 Å². The van der Waals surface area contributed by atoms with E-state index in [4.69, 9.17) is 22.2 Å². The van der Waals surface area contributed by atoms with Crippen LogP contribution in [-0.4, -0.2) is 18.3 Å². The highest BCUT2D eigenvalue weighted by atomic mass is 35.5. The number of nitrogens with one attached hydrogen (secondary N) is 1. The zero-order valence-corrected chi connectivity index (χ0v) is 16.5. The van der Waals surface area contributed by atoms with Crippen LogP contribution in [0.2, 0.25) is 5.02 Å². The zero-order chi connectivity index (χ0) is 20.5. The largest absolute Gasteiger partial charge is 0.384 e. The van der Waals surface area contributed by atoms with Gasteiger partial charge in [0.2, 0.25) is 0 Å². The van der Waals surface area contributed by atoms with Gasteiger partial charge >= 0.3 is 0 Å². The molecule has 148 valence electrons. The van der Waals surface area contributed by atoms with Crippen molar-refractivity contribution in [1.82, 2.24) is 5.32 Å². The summed E-state index contributed by atoms with van der Waals surface area (Å²) in [6.07, 6.45) is 0. The fourth-order valence-corrected chi connectivity index (χ4v) is 3.02. The first-order chi connectivity index (χ1) is 14.1. The Labute approximate surface area is 175 Å². The summed E-state index contributed by atoms with van der Waals surface area (Å²) in [5.41, 5.74) is 9.16. The second kappa shape index (κ2) is 10.3. The maximum Gasteiger partial charge on any atom is 0.261 e. The molecule has 0 bridgehead atoms. The van der Waals surface area contributed by atoms with E-state index >= 15 is 0 Å². The monoisotopic (exact) mass is 407 g/mol. The van der Waals surface area contributed by atoms with Gasteiger partial charge in [-0.1, -0.05) is 89.6 Å². The number of hydrogen-bond donors (Lipinski definition) is 2. The summed E-state index contributed by atoms with van der Waals surface area (Å²) in [6, 6.07) is 26.9. The van der Waals surface area contributed by atoms with Gasteiger partial charge < -0.3 is 15.9 Å². The number of amides is 1. The Morgan fingerprint density at radius 2 is 1.48 bits per heavy atom. The molecule has 29 heavy (non-hydrogen) atoms. The Kier molecular flexibility index (Phi) is 7.25. The van der Waals surface area contributed by atoms with E-state index in [1.54, 1.807) is 12.1 Å². The standard InChI is InChI=1S/C23H22ClN3O2/c24-20-13-11-17(12-14-20)15-26-21(28)16-29-27-23(25)22(18-7-3-1-4-8-18)19-9-5-2-6-10-19/h1-14,22H,15-16H2,(H2,25,27)(H,26,28). The third-order valence-corrected chi connectivity index (χ3v) is 4.58. The van der Waals surface area contributed by atoms with Gasteiger partial charge in [0, 0.05) is 11.6 Å². The molecule has 0 aliphatic carbocycles. The van der Waals surface area contributed by atoms with Gasteiger partial charge in [0.1, 0.15) is 0 Å². The normalized spacial score (nSPS) is 11.3. The fraction of sp³-hybridized carbons (Fsp3) is 0.130. The molecular formula is C23H22ClN3O2. The van der Waals surface area contributed by atoms with E-state index in [0.717, 1.165) is 16.7 Å². The molecule has 0 saturated carbocycles. The number of halogens is 1. The molecule has 6 heteroatoms. The van der Waals surface area contributed by atoms with Crippen molar-refractivity contribution in [2.45, 2.75) is 12.5 Å². The summed E-state index contributed by atoms with van der Waals surface area (Å²) >= 11 is 5.85. The number of carbonyl (C=O) groups excluding carboxylic acids is 1. The van der Waals surface area contributed by atoms with E-state index in [-0.39, 0.29) is 24.3 Å². The van der Waals surface area contributed by atoms with Crippen molar-refractivity contribution in [2.24, 2.45) is 10.9 Å². The van der Waals surface area contributed by atoms with E-state index < -0.39 is 0 Å². The quantitative estimate of drug-likeness (QED) is 0.335. The molecule has 3 aromatic rings. The summed E-state index contributed by atoms with van der Waals surface area (Å²) in [5.74, 6) is -0.255. The molecule has 0 aliphatic heterocycles. The topological polar surface area (TPSA) is 76.7 Å². The Balaban J connectivity index is 1.60. The molecule has 3 rings (SSSR count). The maximum absolute atomic E-state index is 12.0. The van der Waals surface area contributed by atoms with Gasteiger partial charge in [-0.2, -0.15) is 0 Å². The van der Waals surface area contributed by atoms with E-state index in [9.17, 15) is 4.79 Å². The SMILES string of the molecule is N/C(=N/OCC(=O)NCc1ccc(Cl)cc1)C(c1ccccc1)c1ccccc1. The number of nitrogens with two attached hydrogens (primary N) is 1. The van der Waals surface area contributed by atoms with Crippen LogP contribution in [0.25, 0.3) is 0 Å². The maximum atomic E-state index is 12.0. The van der Waals surface area contributed by atoms with Crippen LogP contribution in [-0.2, 0) is 16.2 Å². The van der Waals surface area contributed by atoms with Gasteiger partial charge in [-0.3, -0.25) is 4.79 Å². The first kappa shape index (κ1) is 20.4. The predicted molar refractivity (Wildman–Crippen MR) is 116 cm³/mol. The Morgan fingerprint density at radius 1 is 0.931 bits per heavy atom. The van der Waals surface area contributed by atoms with Crippen LogP contribution in [0, 0.1) is 0 Å². The zero-order valence-electron chi connectivity index (χ0n) is 15.8. The second-order valence-electron chi connectivity index (χ2n) is 6.45. The van der Waals surface area contributed by atoms with E-state index in [2.05, 4.69) is 10.5 Å². The van der Waals surface area contributed by atoms with Gasteiger partial charge in [0.05, 0.1) is 5.92 Å². The third-order valence-electron chi connectivity index (χ3n) is 4.33. The number of amidine groups is 1. The summed E-state index contributed by atoms with van der Waals surface area (Å²) < 4.78 is 0. The van der Waals surface area contributed by atoms with Crippen molar-refractivity contribution in [3.8, 4) is 0 Å². The number of oxime groups is 1. The molecule has 5 nitrogen and oxygen atoms in total. The van der Waals surface area contributed by atoms with Crippen molar-refractivity contribution in [1.29, 1.82) is 0 Å². The number of hydrogen-bond acceptors (Lipinski definition) is 3. The minimum atomic E-state index is -0.285. The molecule has 0 heterocycles. The van der Waals surface area contributed by atoms with Crippen molar-refractivity contribution >= 4 is 23.3 Å². The molecule has 0 aromatic heterocycles. The van der Waals surface area contributed by atoms with Gasteiger partial charge in [0.15, 0.2) is 12.4 Å². The van der Waals surface area contributed by atoms with Gasteiger partial charge in [-0.05, 0) is 28.8 Å².